The molecule has 1 aliphatic heterocycles. The number of halogens is 1. The molecule has 6 heteroatoms. The minimum Gasteiger partial charge on any atom is -0.361 e. The minimum atomic E-state index is -0.642. The molecule has 3 aromatic rings. The molecule has 30 heavy (non-hydrogen) atoms. The summed E-state index contributed by atoms with van der Waals surface area (Å²) in [7, 11) is 0. The van der Waals surface area contributed by atoms with Crippen molar-refractivity contribution in [3.05, 3.63) is 71.7 Å². The van der Waals surface area contributed by atoms with Gasteiger partial charge in [0.05, 0.1) is 0 Å². The van der Waals surface area contributed by atoms with Crippen molar-refractivity contribution in [3.8, 4) is 0 Å². The third-order valence-corrected chi connectivity index (χ3v) is 6.08. The zero-order valence-corrected chi connectivity index (χ0v) is 17.2. The number of carbonyl (C=O) groups excluding carboxylic acids is 2. The van der Waals surface area contributed by atoms with Crippen LogP contribution in [0.15, 0.2) is 54.7 Å². The van der Waals surface area contributed by atoms with E-state index >= 15 is 0 Å². The number of hydrogen-bond acceptors (Lipinski definition) is 2. The fraction of sp³-hybridized carbons (Fsp3) is 0.333. The highest BCUT2D eigenvalue weighted by Gasteiger charge is 2.39. The van der Waals surface area contributed by atoms with Gasteiger partial charge in [-0.2, -0.15) is 0 Å². The number of fused-ring (bicyclic) bond motifs is 1. The standard InChI is InChI=1S/C24H26FN3O2/c1-16(29)27-22(12-17-14-26-21-9-4-3-8-20(17)21)23(30)28-11-10-24(2,15-28)18-6-5-7-19(25)13-18/h3-9,13-14,22,26H,10-12,15H2,1-2H3,(H,27,29)/t22-,24?/m0/s1. The Labute approximate surface area is 175 Å². The van der Waals surface area contributed by atoms with E-state index in [1.807, 2.05) is 36.5 Å². The maximum absolute atomic E-state index is 13.7. The van der Waals surface area contributed by atoms with E-state index in [1.165, 1.54) is 13.0 Å². The van der Waals surface area contributed by atoms with E-state index in [-0.39, 0.29) is 23.0 Å². The van der Waals surface area contributed by atoms with Crippen molar-refractivity contribution in [2.75, 3.05) is 13.1 Å². The quantitative estimate of drug-likeness (QED) is 0.679. The van der Waals surface area contributed by atoms with E-state index in [4.69, 9.17) is 0 Å². The normalized spacial score (nSPS) is 19.8. The van der Waals surface area contributed by atoms with Crippen molar-refractivity contribution in [2.45, 2.75) is 38.1 Å². The smallest absolute Gasteiger partial charge is 0.245 e. The number of carbonyl (C=O) groups is 2. The van der Waals surface area contributed by atoms with Gasteiger partial charge in [0.2, 0.25) is 11.8 Å². The van der Waals surface area contributed by atoms with E-state index in [2.05, 4.69) is 17.2 Å². The molecule has 2 atom stereocenters. The first-order chi connectivity index (χ1) is 14.4. The number of benzene rings is 2. The van der Waals surface area contributed by atoms with Crippen molar-refractivity contribution in [3.63, 3.8) is 0 Å². The van der Waals surface area contributed by atoms with E-state index in [0.717, 1.165) is 28.5 Å². The number of rotatable bonds is 5. The van der Waals surface area contributed by atoms with Crippen LogP contribution >= 0.6 is 0 Å². The molecule has 2 N–H and O–H groups in total. The Morgan fingerprint density at radius 3 is 2.80 bits per heavy atom. The van der Waals surface area contributed by atoms with Gasteiger partial charge < -0.3 is 15.2 Å². The predicted molar refractivity (Wildman–Crippen MR) is 115 cm³/mol. The van der Waals surface area contributed by atoms with Crippen molar-refractivity contribution >= 4 is 22.7 Å². The fourth-order valence-electron chi connectivity index (χ4n) is 4.43. The molecule has 1 unspecified atom stereocenters. The lowest BCUT2D eigenvalue weighted by molar-refractivity contribution is -0.135. The largest absolute Gasteiger partial charge is 0.361 e. The summed E-state index contributed by atoms with van der Waals surface area (Å²) in [5.74, 6) is -0.607. The number of nitrogens with zero attached hydrogens (tertiary/aromatic N) is 1. The van der Waals surface area contributed by atoms with E-state index in [9.17, 15) is 14.0 Å². The molecule has 0 saturated carbocycles. The van der Waals surface area contributed by atoms with Crippen molar-refractivity contribution in [2.24, 2.45) is 0 Å². The summed E-state index contributed by atoms with van der Waals surface area (Å²) in [4.78, 5) is 30.2. The van der Waals surface area contributed by atoms with Gasteiger partial charge >= 0.3 is 0 Å². The maximum Gasteiger partial charge on any atom is 0.245 e. The second-order valence-corrected chi connectivity index (χ2v) is 8.40. The minimum absolute atomic E-state index is 0.101. The highest BCUT2D eigenvalue weighted by atomic mass is 19.1. The average Bonchev–Trinajstić information content (AvgIpc) is 3.32. The molecule has 1 aliphatic rings. The summed E-state index contributed by atoms with van der Waals surface area (Å²) in [6.07, 6.45) is 3.06. The molecule has 5 nitrogen and oxygen atoms in total. The van der Waals surface area contributed by atoms with Crippen LogP contribution in [0, 0.1) is 5.82 Å². The number of hydrogen-bond donors (Lipinski definition) is 2. The molecule has 2 aromatic carbocycles. The summed E-state index contributed by atoms with van der Waals surface area (Å²) in [6, 6.07) is 13.9. The number of aromatic amines is 1. The number of nitrogens with one attached hydrogen (secondary N) is 2. The second-order valence-electron chi connectivity index (χ2n) is 8.40. The number of likely N-dealkylation sites (tertiary alicyclic amines) is 1. The summed E-state index contributed by atoms with van der Waals surface area (Å²) < 4.78 is 13.7. The maximum atomic E-state index is 13.7. The molecule has 0 bridgehead atoms. The zero-order valence-electron chi connectivity index (χ0n) is 17.2. The Morgan fingerprint density at radius 2 is 2.03 bits per heavy atom. The SMILES string of the molecule is CC(=O)N[C@@H](Cc1c[nH]c2ccccc12)C(=O)N1CCC(C)(c2cccc(F)c2)C1. The first kappa shape index (κ1) is 20.1. The van der Waals surface area contributed by atoms with Crippen LogP contribution in [-0.2, 0) is 21.4 Å². The summed E-state index contributed by atoms with van der Waals surface area (Å²) >= 11 is 0. The van der Waals surface area contributed by atoms with E-state index in [1.54, 1.807) is 17.0 Å². The molecule has 2 amide bonds. The highest BCUT2D eigenvalue weighted by molar-refractivity contribution is 5.89. The van der Waals surface area contributed by atoms with Crippen LogP contribution in [0.1, 0.15) is 31.4 Å². The van der Waals surface area contributed by atoms with Crippen molar-refractivity contribution in [1.29, 1.82) is 0 Å². The number of amides is 2. The van der Waals surface area contributed by atoms with Gasteiger partial charge in [-0.15, -0.1) is 0 Å². The first-order valence-electron chi connectivity index (χ1n) is 10.2. The molecule has 0 spiro atoms. The Kier molecular flexibility index (Phi) is 5.33. The third kappa shape index (κ3) is 3.95. The van der Waals surface area contributed by atoms with Crippen LogP contribution in [0.4, 0.5) is 4.39 Å². The molecule has 2 heterocycles. The van der Waals surface area contributed by atoms with Crippen molar-refractivity contribution in [1.82, 2.24) is 15.2 Å². The first-order valence-corrected chi connectivity index (χ1v) is 10.2. The van der Waals surface area contributed by atoms with Gasteiger partial charge in [-0.05, 0) is 35.7 Å². The number of para-hydroxylation sites is 1. The van der Waals surface area contributed by atoms with Gasteiger partial charge in [0.25, 0.3) is 0 Å². The van der Waals surface area contributed by atoms with E-state index < -0.39 is 6.04 Å². The summed E-state index contributed by atoms with van der Waals surface area (Å²) in [5.41, 5.74) is 2.58. The van der Waals surface area contributed by atoms with Crippen LogP contribution < -0.4 is 5.32 Å². The van der Waals surface area contributed by atoms with Gasteiger partial charge in [-0.25, -0.2) is 4.39 Å². The molecule has 1 saturated heterocycles. The Balaban J connectivity index is 1.54. The van der Waals surface area contributed by atoms with Crippen LogP contribution in [-0.4, -0.2) is 40.8 Å². The third-order valence-electron chi connectivity index (χ3n) is 6.08. The molecule has 0 radical (unpaired) electrons. The molecule has 4 rings (SSSR count). The molecule has 0 aliphatic carbocycles. The van der Waals surface area contributed by atoms with Crippen molar-refractivity contribution < 1.29 is 14.0 Å². The number of aromatic nitrogens is 1. The van der Waals surface area contributed by atoms with Crippen LogP contribution in [0.3, 0.4) is 0 Å². The Hall–Kier alpha value is -3.15. The second kappa shape index (κ2) is 7.94. The molecular formula is C24H26FN3O2. The molecule has 1 fully saturated rings. The highest BCUT2D eigenvalue weighted by Crippen LogP contribution is 2.35. The van der Waals surface area contributed by atoms with Gasteiger partial charge in [-0.3, -0.25) is 9.59 Å². The lowest BCUT2D eigenvalue weighted by Gasteiger charge is -2.28. The predicted octanol–water partition coefficient (Wildman–Crippen LogP) is 3.54. The number of H-pyrrole nitrogens is 1. The summed E-state index contributed by atoms with van der Waals surface area (Å²) in [6.45, 7) is 4.56. The molecule has 156 valence electrons. The lowest BCUT2D eigenvalue weighted by Crippen LogP contribution is -2.49. The Bertz CT molecular complexity index is 1090. The topological polar surface area (TPSA) is 65.2 Å². The van der Waals surface area contributed by atoms with Gasteiger partial charge in [0.1, 0.15) is 11.9 Å². The monoisotopic (exact) mass is 407 g/mol. The van der Waals surface area contributed by atoms with Crippen LogP contribution in [0.2, 0.25) is 0 Å². The molecule has 1 aromatic heterocycles. The van der Waals surface area contributed by atoms with Crippen LogP contribution in [0.25, 0.3) is 10.9 Å². The van der Waals surface area contributed by atoms with Gasteiger partial charge in [0.15, 0.2) is 0 Å². The lowest BCUT2D eigenvalue weighted by atomic mass is 9.82. The summed E-state index contributed by atoms with van der Waals surface area (Å²) in [5, 5.41) is 3.88. The van der Waals surface area contributed by atoms with Crippen LogP contribution in [0.5, 0.6) is 0 Å². The zero-order chi connectivity index (χ0) is 21.3. The average molecular weight is 407 g/mol. The van der Waals surface area contributed by atoms with E-state index in [0.29, 0.717) is 19.5 Å². The van der Waals surface area contributed by atoms with Gasteiger partial charge in [0, 0.05) is 48.9 Å². The molecular weight excluding hydrogens is 381 g/mol. The Morgan fingerprint density at radius 1 is 1.23 bits per heavy atom. The van der Waals surface area contributed by atoms with Gasteiger partial charge in [-0.1, -0.05) is 37.3 Å². The fourth-order valence-corrected chi connectivity index (χ4v) is 4.43.